The van der Waals surface area contributed by atoms with Crippen LogP contribution < -0.4 is 5.32 Å². The standard InChI is InChI=1S/C16H21BrFN3/c1-3-8-19-16(7-4-12-10-20-21(2)11-12)13-5-6-15(18)14(17)9-13/h5-6,9-11,16,19H,3-4,7-8H2,1-2H3. The predicted molar refractivity (Wildman–Crippen MR) is 86.7 cm³/mol. The first-order valence-electron chi connectivity index (χ1n) is 7.26. The number of nitrogens with zero attached hydrogens (tertiary/aromatic N) is 2. The zero-order valence-electron chi connectivity index (χ0n) is 12.4. The van der Waals surface area contributed by atoms with E-state index in [4.69, 9.17) is 0 Å². The summed E-state index contributed by atoms with van der Waals surface area (Å²) < 4.78 is 15.7. The molecule has 1 aromatic carbocycles. The minimum absolute atomic E-state index is 0.222. The molecule has 0 saturated heterocycles. The smallest absolute Gasteiger partial charge is 0.137 e. The van der Waals surface area contributed by atoms with Crippen molar-refractivity contribution in [3.8, 4) is 0 Å². The maximum absolute atomic E-state index is 13.4. The molecule has 0 fully saturated rings. The van der Waals surface area contributed by atoms with Crippen molar-refractivity contribution >= 4 is 15.9 Å². The number of hydrogen-bond acceptors (Lipinski definition) is 2. The number of rotatable bonds is 7. The van der Waals surface area contributed by atoms with Gasteiger partial charge in [-0.1, -0.05) is 13.0 Å². The summed E-state index contributed by atoms with van der Waals surface area (Å²) in [6.07, 6.45) is 6.93. The van der Waals surface area contributed by atoms with Crippen molar-refractivity contribution in [2.24, 2.45) is 7.05 Å². The van der Waals surface area contributed by atoms with Gasteiger partial charge in [0.05, 0.1) is 10.7 Å². The molecule has 2 aromatic rings. The lowest BCUT2D eigenvalue weighted by Crippen LogP contribution is -2.22. The molecule has 0 bridgehead atoms. The fourth-order valence-electron chi connectivity index (χ4n) is 2.35. The lowest BCUT2D eigenvalue weighted by molar-refractivity contribution is 0.497. The van der Waals surface area contributed by atoms with Crippen LogP contribution >= 0.6 is 15.9 Å². The van der Waals surface area contributed by atoms with E-state index < -0.39 is 0 Å². The lowest BCUT2D eigenvalue weighted by Gasteiger charge is -2.19. The van der Waals surface area contributed by atoms with Gasteiger partial charge in [0, 0.05) is 19.3 Å². The van der Waals surface area contributed by atoms with Crippen LogP contribution in [-0.2, 0) is 13.5 Å². The molecule has 114 valence electrons. The third-order valence-corrected chi connectivity index (χ3v) is 4.07. The Morgan fingerprint density at radius 2 is 2.24 bits per heavy atom. The highest BCUT2D eigenvalue weighted by atomic mass is 79.9. The molecule has 1 N–H and O–H groups in total. The maximum atomic E-state index is 13.4. The van der Waals surface area contributed by atoms with Crippen LogP contribution in [0.3, 0.4) is 0 Å². The normalized spacial score (nSPS) is 12.6. The Hall–Kier alpha value is -1.20. The Balaban J connectivity index is 2.07. The van der Waals surface area contributed by atoms with Crippen LogP contribution in [0.1, 0.15) is 36.9 Å². The molecule has 2 rings (SSSR count). The van der Waals surface area contributed by atoms with Crippen LogP contribution in [0.5, 0.6) is 0 Å². The van der Waals surface area contributed by atoms with E-state index in [1.165, 1.54) is 11.6 Å². The Bertz CT molecular complexity index is 583. The quantitative estimate of drug-likeness (QED) is 0.815. The largest absolute Gasteiger partial charge is 0.310 e. The molecular formula is C16H21BrFN3. The molecule has 0 spiro atoms. The van der Waals surface area contributed by atoms with Crippen LogP contribution in [0.25, 0.3) is 0 Å². The summed E-state index contributed by atoms with van der Waals surface area (Å²) in [7, 11) is 1.92. The van der Waals surface area contributed by atoms with Crippen molar-refractivity contribution in [1.29, 1.82) is 0 Å². The SMILES string of the molecule is CCCNC(CCc1cnn(C)c1)c1ccc(F)c(Br)c1. The van der Waals surface area contributed by atoms with Gasteiger partial charge in [-0.25, -0.2) is 4.39 Å². The van der Waals surface area contributed by atoms with E-state index in [-0.39, 0.29) is 11.9 Å². The van der Waals surface area contributed by atoms with Gasteiger partial charge in [-0.15, -0.1) is 0 Å². The Morgan fingerprint density at radius 1 is 1.43 bits per heavy atom. The molecule has 0 radical (unpaired) electrons. The minimum Gasteiger partial charge on any atom is -0.310 e. The molecule has 0 saturated carbocycles. The lowest BCUT2D eigenvalue weighted by atomic mass is 10.00. The molecular weight excluding hydrogens is 333 g/mol. The predicted octanol–water partition coefficient (Wildman–Crippen LogP) is 4.00. The molecule has 0 aliphatic heterocycles. The zero-order valence-corrected chi connectivity index (χ0v) is 14.0. The summed E-state index contributed by atoms with van der Waals surface area (Å²) in [5, 5.41) is 7.73. The molecule has 3 nitrogen and oxygen atoms in total. The molecule has 1 aromatic heterocycles. The number of aryl methyl sites for hydroxylation is 2. The first-order chi connectivity index (χ1) is 10.1. The highest BCUT2D eigenvalue weighted by Crippen LogP contribution is 2.24. The first kappa shape index (κ1) is 16.2. The maximum Gasteiger partial charge on any atom is 0.137 e. The highest BCUT2D eigenvalue weighted by molar-refractivity contribution is 9.10. The van der Waals surface area contributed by atoms with Gasteiger partial charge in [0.2, 0.25) is 0 Å². The summed E-state index contributed by atoms with van der Waals surface area (Å²) in [5.74, 6) is -0.222. The van der Waals surface area contributed by atoms with E-state index in [0.29, 0.717) is 4.47 Å². The van der Waals surface area contributed by atoms with Gasteiger partial charge in [-0.05, 0) is 65.0 Å². The van der Waals surface area contributed by atoms with Gasteiger partial charge < -0.3 is 5.32 Å². The average molecular weight is 354 g/mol. The van der Waals surface area contributed by atoms with Gasteiger partial charge in [-0.3, -0.25) is 4.68 Å². The number of benzene rings is 1. The Labute approximate surface area is 133 Å². The second-order valence-corrected chi connectivity index (χ2v) is 6.10. The number of hydrogen-bond donors (Lipinski definition) is 1. The molecule has 5 heteroatoms. The van der Waals surface area contributed by atoms with E-state index in [9.17, 15) is 4.39 Å². The van der Waals surface area contributed by atoms with Gasteiger partial charge in [-0.2, -0.15) is 5.10 Å². The van der Waals surface area contributed by atoms with Crippen molar-refractivity contribution < 1.29 is 4.39 Å². The molecule has 0 aliphatic carbocycles. The Morgan fingerprint density at radius 3 is 2.86 bits per heavy atom. The molecule has 1 heterocycles. The summed E-state index contributed by atoms with van der Waals surface area (Å²) in [4.78, 5) is 0. The fourth-order valence-corrected chi connectivity index (χ4v) is 2.74. The summed E-state index contributed by atoms with van der Waals surface area (Å²) in [6, 6.07) is 5.47. The second kappa shape index (κ2) is 7.71. The van der Waals surface area contributed by atoms with Gasteiger partial charge in [0.15, 0.2) is 0 Å². The average Bonchev–Trinajstić information content (AvgIpc) is 2.88. The fraction of sp³-hybridized carbons (Fsp3) is 0.438. The zero-order chi connectivity index (χ0) is 15.2. The minimum atomic E-state index is -0.222. The van der Waals surface area contributed by atoms with E-state index in [1.54, 1.807) is 0 Å². The van der Waals surface area contributed by atoms with Crippen molar-refractivity contribution in [1.82, 2.24) is 15.1 Å². The van der Waals surface area contributed by atoms with Crippen LogP contribution in [0.2, 0.25) is 0 Å². The van der Waals surface area contributed by atoms with Crippen molar-refractivity contribution in [2.45, 2.75) is 32.2 Å². The monoisotopic (exact) mass is 353 g/mol. The molecule has 1 unspecified atom stereocenters. The topological polar surface area (TPSA) is 29.9 Å². The van der Waals surface area contributed by atoms with E-state index >= 15 is 0 Å². The number of nitrogens with one attached hydrogen (secondary N) is 1. The third kappa shape index (κ3) is 4.64. The first-order valence-corrected chi connectivity index (χ1v) is 8.05. The van der Waals surface area contributed by atoms with Crippen LogP contribution in [0.4, 0.5) is 4.39 Å². The summed E-state index contributed by atoms with van der Waals surface area (Å²) in [6.45, 7) is 3.10. The summed E-state index contributed by atoms with van der Waals surface area (Å²) in [5.41, 5.74) is 2.34. The van der Waals surface area contributed by atoms with Crippen molar-refractivity contribution in [3.05, 3.63) is 52.0 Å². The second-order valence-electron chi connectivity index (χ2n) is 5.24. The van der Waals surface area contributed by atoms with Crippen LogP contribution in [-0.4, -0.2) is 16.3 Å². The molecule has 0 amide bonds. The molecule has 21 heavy (non-hydrogen) atoms. The molecule has 1 atom stereocenters. The van der Waals surface area contributed by atoms with Crippen LogP contribution in [0, 0.1) is 5.82 Å². The Kier molecular flexibility index (Phi) is 5.94. The van der Waals surface area contributed by atoms with E-state index in [2.05, 4.69) is 33.3 Å². The third-order valence-electron chi connectivity index (χ3n) is 3.47. The van der Waals surface area contributed by atoms with Gasteiger partial charge in [0.25, 0.3) is 0 Å². The van der Waals surface area contributed by atoms with Gasteiger partial charge in [0.1, 0.15) is 5.82 Å². The van der Waals surface area contributed by atoms with Crippen molar-refractivity contribution in [3.63, 3.8) is 0 Å². The number of aromatic nitrogens is 2. The van der Waals surface area contributed by atoms with Gasteiger partial charge >= 0.3 is 0 Å². The van der Waals surface area contributed by atoms with E-state index in [1.807, 2.05) is 36.3 Å². The van der Waals surface area contributed by atoms with Crippen molar-refractivity contribution in [2.75, 3.05) is 6.54 Å². The summed E-state index contributed by atoms with van der Waals surface area (Å²) >= 11 is 3.27. The van der Waals surface area contributed by atoms with Crippen LogP contribution in [0.15, 0.2) is 35.1 Å². The number of halogens is 2. The molecule has 0 aliphatic rings. The highest BCUT2D eigenvalue weighted by Gasteiger charge is 2.13. The van der Waals surface area contributed by atoms with E-state index in [0.717, 1.165) is 31.4 Å².